The normalized spacial score (nSPS) is 11.2. The van der Waals surface area contributed by atoms with E-state index in [4.69, 9.17) is 0 Å². The summed E-state index contributed by atoms with van der Waals surface area (Å²) in [6, 6.07) is 0. The van der Waals surface area contributed by atoms with E-state index < -0.39 is 0 Å². The van der Waals surface area contributed by atoms with Gasteiger partial charge in [-0.25, -0.2) is 9.97 Å². The topological polar surface area (TPSA) is 46.8 Å². The number of imidazole rings is 1. The highest BCUT2D eigenvalue weighted by Gasteiger charge is 2.10. The van der Waals surface area contributed by atoms with Gasteiger partial charge in [0.15, 0.2) is 0 Å². The molecule has 0 radical (unpaired) electrons. The Kier molecular flexibility index (Phi) is 4.52. The van der Waals surface area contributed by atoms with E-state index in [9.17, 15) is 0 Å². The molecule has 0 spiro atoms. The minimum atomic E-state index is 0.395. The Morgan fingerprint density at radius 3 is 2.79 bits per heavy atom. The molecule has 0 saturated heterocycles. The first-order valence-corrected chi connectivity index (χ1v) is 7.37. The molecule has 6 heteroatoms. The first kappa shape index (κ1) is 14.0. The standard InChI is InChI=1S/C13H21N5S/c1-10(2)12-15-13(19-16-12)17(4)7-5-8-18-9-6-14-11(18)3/h6,9-10H,5,7-8H2,1-4H3. The van der Waals surface area contributed by atoms with Gasteiger partial charge in [0.1, 0.15) is 11.6 Å². The summed E-state index contributed by atoms with van der Waals surface area (Å²) in [6.07, 6.45) is 4.94. The molecule has 5 nitrogen and oxygen atoms in total. The number of rotatable bonds is 6. The highest BCUT2D eigenvalue weighted by molar-refractivity contribution is 7.09. The Bertz CT molecular complexity index is 517. The smallest absolute Gasteiger partial charge is 0.204 e. The predicted octanol–water partition coefficient (Wildman–Crippen LogP) is 2.69. The van der Waals surface area contributed by atoms with Crippen molar-refractivity contribution in [1.29, 1.82) is 0 Å². The fourth-order valence-electron chi connectivity index (χ4n) is 1.83. The van der Waals surface area contributed by atoms with Crippen LogP contribution in [-0.4, -0.2) is 32.5 Å². The van der Waals surface area contributed by atoms with E-state index in [0.29, 0.717) is 5.92 Å². The molecule has 0 amide bonds. The zero-order chi connectivity index (χ0) is 13.8. The lowest BCUT2D eigenvalue weighted by Gasteiger charge is -2.15. The maximum atomic E-state index is 4.56. The van der Waals surface area contributed by atoms with Crippen molar-refractivity contribution in [3.05, 3.63) is 24.0 Å². The Balaban J connectivity index is 1.83. The number of hydrogen-bond acceptors (Lipinski definition) is 5. The molecule has 0 aliphatic carbocycles. The van der Waals surface area contributed by atoms with Gasteiger partial charge in [-0.05, 0) is 13.3 Å². The summed E-state index contributed by atoms with van der Waals surface area (Å²) < 4.78 is 6.56. The van der Waals surface area contributed by atoms with Gasteiger partial charge in [0, 0.05) is 50.0 Å². The fourth-order valence-corrected chi connectivity index (χ4v) is 2.62. The lowest BCUT2D eigenvalue weighted by atomic mass is 10.2. The second kappa shape index (κ2) is 6.14. The molecule has 0 aliphatic rings. The monoisotopic (exact) mass is 279 g/mol. The number of nitrogens with zero attached hydrogens (tertiary/aromatic N) is 5. The molecule has 0 atom stereocenters. The quantitative estimate of drug-likeness (QED) is 0.815. The second-order valence-electron chi connectivity index (χ2n) is 5.03. The van der Waals surface area contributed by atoms with E-state index in [1.807, 2.05) is 19.3 Å². The van der Waals surface area contributed by atoms with Crippen LogP contribution in [0.4, 0.5) is 5.13 Å². The summed E-state index contributed by atoms with van der Waals surface area (Å²) in [5, 5.41) is 1.01. The van der Waals surface area contributed by atoms with E-state index >= 15 is 0 Å². The molecule has 0 N–H and O–H groups in total. The van der Waals surface area contributed by atoms with Crippen LogP contribution >= 0.6 is 11.5 Å². The first-order chi connectivity index (χ1) is 9.08. The molecule has 0 saturated carbocycles. The van der Waals surface area contributed by atoms with Gasteiger partial charge in [-0.3, -0.25) is 0 Å². The molecular formula is C13H21N5S. The van der Waals surface area contributed by atoms with E-state index in [1.54, 1.807) is 0 Å². The minimum Gasteiger partial charge on any atom is -0.350 e. The summed E-state index contributed by atoms with van der Waals surface area (Å²) in [7, 11) is 2.07. The lowest BCUT2D eigenvalue weighted by molar-refractivity contribution is 0.622. The Morgan fingerprint density at radius 2 is 2.21 bits per heavy atom. The number of aryl methyl sites for hydroxylation is 2. The zero-order valence-corrected chi connectivity index (χ0v) is 12.8. The first-order valence-electron chi connectivity index (χ1n) is 6.60. The third-order valence-corrected chi connectivity index (χ3v) is 3.93. The Hall–Kier alpha value is -1.43. The highest BCUT2D eigenvalue weighted by Crippen LogP contribution is 2.20. The lowest BCUT2D eigenvalue weighted by Crippen LogP contribution is -2.20. The molecule has 0 aliphatic heterocycles. The van der Waals surface area contributed by atoms with Crippen LogP contribution in [0.2, 0.25) is 0 Å². The summed E-state index contributed by atoms with van der Waals surface area (Å²) in [5.41, 5.74) is 0. The van der Waals surface area contributed by atoms with Crippen molar-refractivity contribution in [3.63, 3.8) is 0 Å². The number of hydrogen-bond donors (Lipinski definition) is 0. The molecule has 2 aromatic rings. The van der Waals surface area contributed by atoms with Crippen LogP contribution in [0.15, 0.2) is 12.4 Å². The average Bonchev–Trinajstić information content (AvgIpc) is 2.98. The molecule has 19 heavy (non-hydrogen) atoms. The van der Waals surface area contributed by atoms with Crippen molar-refractivity contribution in [2.75, 3.05) is 18.5 Å². The second-order valence-corrected chi connectivity index (χ2v) is 5.76. The van der Waals surface area contributed by atoms with Crippen LogP contribution in [0.5, 0.6) is 0 Å². The maximum absolute atomic E-state index is 4.56. The van der Waals surface area contributed by atoms with Gasteiger partial charge in [0.2, 0.25) is 5.13 Å². The van der Waals surface area contributed by atoms with Crippen LogP contribution in [-0.2, 0) is 6.54 Å². The van der Waals surface area contributed by atoms with Crippen LogP contribution in [0, 0.1) is 6.92 Å². The summed E-state index contributed by atoms with van der Waals surface area (Å²) >= 11 is 1.48. The van der Waals surface area contributed by atoms with Gasteiger partial charge in [0.25, 0.3) is 0 Å². The Morgan fingerprint density at radius 1 is 1.42 bits per heavy atom. The van der Waals surface area contributed by atoms with E-state index in [-0.39, 0.29) is 0 Å². The predicted molar refractivity (Wildman–Crippen MR) is 78.8 cm³/mol. The van der Waals surface area contributed by atoms with Gasteiger partial charge in [-0.2, -0.15) is 4.37 Å². The van der Waals surface area contributed by atoms with Crippen LogP contribution in [0.3, 0.4) is 0 Å². The maximum Gasteiger partial charge on any atom is 0.204 e. The summed E-state index contributed by atoms with van der Waals surface area (Å²) in [4.78, 5) is 11.0. The van der Waals surface area contributed by atoms with Crippen molar-refractivity contribution in [3.8, 4) is 0 Å². The molecule has 2 aromatic heterocycles. The highest BCUT2D eigenvalue weighted by atomic mass is 32.1. The molecule has 0 bridgehead atoms. The number of anilines is 1. The third kappa shape index (κ3) is 3.53. The van der Waals surface area contributed by atoms with Gasteiger partial charge >= 0.3 is 0 Å². The van der Waals surface area contributed by atoms with Crippen LogP contribution < -0.4 is 4.90 Å². The summed E-state index contributed by atoms with van der Waals surface area (Å²) in [5.74, 6) is 2.41. The van der Waals surface area contributed by atoms with Gasteiger partial charge in [0.05, 0.1) is 0 Å². The third-order valence-electron chi connectivity index (χ3n) is 3.09. The van der Waals surface area contributed by atoms with Crippen molar-refractivity contribution in [2.45, 2.75) is 39.7 Å². The van der Waals surface area contributed by atoms with E-state index in [0.717, 1.165) is 36.3 Å². The average molecular weight is 279 g/mol. The van der Waals surface area contributed by atoms with E-state index in [1.165, 1.54) is 11.5 Å². The molecule has 104 valence electrons. The van der Waals surface area contributed by atoms with Crippen LogP contribution in [0.25, 0.3) is 0 Å². The van der Waals surface area contributed by atoms with Gasteiger partial charge in [-0.15, -0.1) is 0 Å². The summed E-state index contributed by atoms with van der Waals surface area (Å²) in [6.45, 7) is 8.24. The molecule has 0 aromatic carbocycles. The van der Waals surface area contributed by atoms with Crippen molar-refractivity contribution < 1.29 is 0 Å². The van der Waals surface area contributed by atoms with Crippen molar-refractivity contribution in [2.24, 2.45) is 0 Å². The zero-order valence-electron chi connectivity index (χ0n) is 12.0. The largest absolute Gasteiger partial charge is 0.350 e. The van der Waals surface area contributed by atoms with Crippen molar-refractivity contribution >= 4 is 16.7 Å². The SMILES string of the molecule is Cc1nccn1CCCN(C)c1nc(C(C)C)ns1. The van der Waals surface area contributed by atoms with Gasteiger partial charge < -0.3 is 9.47 Å². The molecule has 2 heterocycles. The fraction of sp³-hybridized carbons (Fsp3) is 0.615. The van der Waals surface area contributed by atoms with Gasteiger partial charge in [-0.1, -0.05) is 13.8 Å². The van der Waals surface area contributed by atoms with Crippen LogP contribution in [0.1, 0.15) is 37.8 Å². The van der Waals surface area contributed by atoms with Crippen molar-refractivity contribution in [1.82, 2.24) is 18.9 Å². The van der Waals surface area contributed by atoms with E-state index in [2.05, 4.69) is 44.7 Å². The Labute approximate surface area is 118 Å². The molecule has 0 fully saturated rings. The number of aromatic nitrogens is 4. The minimum absolute atomic E-state index is 0.395. The molecular weight excluding hydrogens is 258 g/mol. The molecule has 0 unspecified atom stereocenters. The molecule has 2 rings (SSSR count).